The number of hydrogen-bond acceptors (Lipinski definition) is 5. The second-order valence-corrected chi connectivity index (χ2v) is 8.73. The Morgan fingerprint density at radius 1 is 0.838 bits per heavy atom. The van der Waals surface area contributed by atoms with Gasteiger partial charge in [0.2, 0.25) is 0 Å². The summed E-state index contributed by atoms with van der Waals surface area (Å²) in [5, 5.41) is 0.812. The average molecular weight is 490 g/mol. The van der Waals surface area contributed by atoms with Gasteiger partial charge in [0.25, 0.3) is 11.7 Å². The lowest BCUT2D eigenvalue weighted by atomic mass is 9.91. The monoisotopic (exact) mass is 489 g/mol. The fourth-order valence-electron chi connectivity index (χ4n) is 4.83. The molecule has 0 radical (unpaired) electrons. The first-order chi connectivity index (χ1) is 18.0. The van der Waals surface area contributed by atoms with Crippen LogP contribution in [0.4, 0.5) is 15.9 Å². The number of carbonyl (C=O) groups excluding carboxylic acids is 3. The maximum absolute atomic E-state index is 13.9. The van der Waals surface area contributed by atoms with E-state index < -0.39 is 17.6 Å². The van der Waals surface area contributed by atoms with Gasteiger partial charge < -0.3 is 0 Å². The van der Waals surface area contributed by atoms with Crippen LogP contribution in [0.5, 0.6) is 0 Å². The van der Waals surface area contributed by atoms with Gasteiger partial charge in [0.15, 0.2) is 0 Å². The molecule has 0 unspecified atom stereocenters. The minimum atomic E-state index is -0.833. The Morgan fingerprint density at radius 2 is 1.54 bits per heavy atom. The molecule has 6 nitrogen and oxygen atoms in total. The normalized spacial score (nSPS) is 17.5. The molecule has 180 valence electrons. The summed E-state index contributed by atoms with van der Waals surface area (Å²) in [5.41, 5.74) is 3.49. The highest BCUT2D eigenvalue weighted by molar-refractivity contribution is 6.58. The summed E-state index contributed by atoms with van der Waals surface area (Å²) in [5.74, 6) is -2.19. The van der Waals surface area contributed by atoms with E-state index >= 15 is 0 Å². The van der Waals surface area contributed by atoms with Crippen molar-refractivity contribution in [2.45, 2.75) is 6.92 Å². The van der Waals surface area contributed by atoms with Crippen molar-refractivity contribution in [2.75, 3.05) is 11.4 Å². The minimum absolute atomic E-state index is 0.0972. The Morgan fingerprint density at radius 3 is 2.24 bits per heavy atom. The van der Waals surface area contributed by atoms with E-state index in [1.165, 1.54) is 12.1 Å². The number of imide groups is 1. The molecule has 1 fully saturated rings. The number of halogens is 1. The van der Waals surface area contributed by atoms with Crippen LogP contribution in [0.15, 0.2) is 96.6 Å². The zero-order chi connectivity index (χ0) is 25.7. The molecule has 3 heterocycles. The van der Waals surface area contributed by atoms with Gasteiger partial charge in [-0.25, -0.2) is 9.37 Å². The molecular formula is C30H20FN3O3. The third-order valence-corrected chi connectivity index (χ3v) is 6.59. The highest BCUT2D eigenvalue weighted by Crippen LogP contribution is 2.46. The van der Waals surface area contributed by atoms with E-state index in [4.69, 9.17) is 4.98 Å². The number of allylic oxidation sites excluding steroid dienone is 2. The second kappa shape index (κ2) is 8.64. The summed E-state index contributed by atoms with van der Waals surface area (Å²) in [7, 11) is 0. The summed E-state index contributed by atoms with van der Waals surface area (Å²) in [6, 6.07) is 24.9. The van der Waals surface area contributed by atoms with Crippen LogP contribution >= 0.6 is 0 Å². The SMILES string of the molecule is CCN1C(=O)C(=O)/C(=C2/C=C(c3ccccc3)N(c3ccc(F)cc3)c3nc4ccccc4cc32)C1=O. The molecule has 2 amide bonds. The third-order valence-electron chi connectivity index (χ3n) is 6.59. The molecule has 1 aromatic heterocycles. The molecule has 2 aliphatic rings. The fraction of sp³-hybridized carbons (Fsp3) is 0.0667. The lowest BCUT2D eigenvalue weighted by Gasteiger charge is -2.33. The molecule has 0 spiro atoms. The summed E-state index contributed by atoms with van der Waals surface area (Å²) in [4.78, 5) is 46.8. The molecular weight excluding hydrogens is 469 g/mol. The highest BCUT2D eigenvalue weighted by atomic mass is 19.1. The zero-order valence-electron chi connectivity index (χ0n) is 19.8. The summed E-state index contributed by atoms with van der Waals surface area (Å²) >= 11 is 0. The number of aromatic nitrogens is 1. The number of hydrogen-bond donors (Lipinski definition) is 0. The van der Waals surface area contributed by atoms with E-state index in [0.29, 0.717) is 33.9 Å². The predicted octanol–water partition coefficient (Wildman–Crippen LogP) is 5.28. The number of carbonyl (C=O) groups is 3. The van der Waals surface area contributed by atoms with E-state index in [0.717, 1.165) is 15.8 Å². The molecule has 2 aliphatic heterocycles. The standard InChI is InChI=1S/C30H20FN3O3/c1-2-33-29(36)26(27(35)30(33)37)22-17-25(18-8-4-3-5-9-18)34(21-14-12-20(31)13-15-21)28-23(22)16-19-10-6-7-11-24(19)32-28/h3-17H,2H2,1H3/b26-22+. The van der Waals surface area contributed by atoms with E-state index in [9.17, 15) is 18.8 Å². The maximum atomic E-state index is 13.9. The van der Waals surface area contributed by atoms with Crippen LogP contribution in [0.25, 0.3) is 22.2 Å². The van der Waals surface area contributed by atoms with Crippen molar-refractivity contribution in [2.24, 2.45) is 0 Å². The van der Waals surface area contributed by atoms with Crippen LogP contribution < -0.4 is 4.90 Å². The van der Waals surface area contributed by atoms with Gasteiger partial charge in [-0.15, -0.1) is 0 Å². The van der Waals surface area contributed by atoms with Gasteiger partial charge in [0.1, 0.15) is 17.2 Å². The van der Waals surface area contributed by atoms with Gasteiger partial charge in [0, 0.05) is 28.8 Å². The number of fused-ring (bicyclic) bond motifs is 2. The maximum Gasteiger partial charge on any atom is 0.302 e. The third kappa shape index (κ3) is 3.55. The molecule has 37 heavy (non-hydrogen) atoms. The predicted molar refractivity (Wildman–Crippen MR) is 139 cm³/mol. The Kier molecular flexibility index (Phi) is 5.26. The number of likely N-dealkylation sites (tertiary alicyclic amines) is 1. The van der Waals surface area contributed by atoms with Crippen LogP contribution in [-0.4, -0.2) is 34.0 Å². The first kappa shape index (κ1) is 22.5. The van der Waals surface area contributed by atoms with Crippen LogP contribution in [0.1, 0.15) is 18.1 Å². The number of anilines is 2. The van der Waals surface area contributed by atoms with E-state index in [2.05, 4.69) is 0 Å². The van der Waals surface area contributed by atoms with Crippen molar-refractivity contribution < 1.29 is 18.8 Å². The fourth-order valence-corrected chi connectivity index (χ4v) is 4.83. The minimum Gasteiger partial charge on any atom is -0.294 e. The molecule has 0 bridgehead atoms. The van der Waals surface area contributed by atoms with E-state index in [1.54, 1.807) is 25.1 Å². The van der Waals surface area contributed by atoms with Crippen LogP contribution in [0.2, 0.25) is 0 Å². The number of ketones is 1. The van der Waals surface area contributed by atoms with E-state index in [1.807, 2.05) is 65.6 Å². The van der Waals surface area contributed by atoms with Gasteiger partial charge in [-0.2, -0.15) is 0 Å². The zero-order valence-corrected chi connectivity index (χ0v) is 19.8. The molecule has 1 saturated heterocycles. The Balaban J connectivity index is 1.72. The molecule has 0 N–H and O–H groups in total. The van der Waals surface area contributed by atoms with Crippen LogP contribution in [0.3, 0.4) is 0 Å². The van der Waals surface area contributed by atoms with Gasteiger partial charge in [0.05, 0.1) is 11.2 Å². The Labute approximate surface area is 212 Å². The van der Waals surface area contributed by atoms with Gasteiger partial charge in [-0.3, -0.25) is 24.2 Å². The van der Waals surface area contributed by atoms with Crippen molar-refractivity contribution in [3.05, 3.63) is 114 Å². The number of likely N-dealkylation sites (N-methyl/N-ethyl adjacent to an activating group) is 1. The molecule has 0 saturated carbocycles. The summed E-state index contributed by atoms with van der Waals surface area (Å²) in [6.07, 6.45) is 1.75. The van der Waals surface area contributed by atoms with Gasteiger partial charge >= 0.3 is 5.91 Å². The van der Waals surface area contributed by atoms with Gasteiger partial charge in [-0.05, 0) is 55.0 Å². The van der Waals surface area contributed by atoms with Crippen molar-refractivity contribution in [3.63, 3.8) is 0 Å². The highest BCUT2D eigenvalue weighted by Gasteiger charge is 2.44. The number of benzene rings is 3. The number of pyridine rings is 1. The number of nitrogens with zero attached hydrogens (tertiary/aromatic N) is 3. The number of para-hydroxylation sites is 1. The topological polar surface area (TPSA) is 70.6 Å². The van der Waals surface area contributed by atoms with Crippen molar-refractivity contribution in [3.8, 4) is 0 Å². The quantitative estimate of drug-likeness (QED) is 0.170. The average Bonchev–Trinajstić information content (AvgIpc) is 3.14. The molecule has 7 heteroatoms. The largest absolute Gasteiger partial charge is 0.302 e. The number of Topliss-reactive ketones (excluding diaryl/α,β-unsaturated/α-hetero) is 1. The molecule has 0 atom stereocenters. The van der Waals surface area contributed by atoms with E-state index in [-0.39, 0.29) is 17.9 Å². The molecule has 0 aliphatic carbocycles. The smallest absolute Gasteiger partial charge is 0.294 e. The molecule has 4 aromatic rings. The van der Waals surface area contributed by atoms with Crippen molar-refractivity contribution >= 4 is 51.3 Å². The van der Waals surface area contributed by atoms with Crippen molar-refractivity contribution in [1.29, 1.82) is 0 Å². The number of amides is 2. The molecule has 3 aromatic carbocycles. The van der Waals surface area contributed by atoms with Crippen LogP contribution in [-0.2, 0) is 14.4 Å². The lowest BCUT2D eigenvalue weighted by molar-refractivity contribution is -0.142. The Hall–Kier alpha value is -4.91. The van der Waals surface area contributed by atoms with Crippen molar-refractivity contribution in [1.82, 2.24) is 9.88 Å². The second-order valence-electron chi connectivity index (χ2n) is 8.73. The summed E-state index contributed by atoms with van der Waals surface area (Å²) in [6.45, 7) is 1.75. The first-order valence-corrected chi connectivity index (χ1v) is 11.9. The van der Waals surface area contributed by atoms with Crippen LogP contribution in [0, 0.1) is 5.82 Å². The summed E-state index contributed by atoms with van der Waals surface area (Å²) < 4.78 is 13.9. The Bertz CT molecular complexity index is 1670. The lowest BCUT2D eigenvalue weighted by Crippen LogP contribution is -2.30. The molecule has 6 rings (SSSR count). The van der Waals surface area contributed by atoms with Gasteiger partial charge in [-0.1, -0.05) is 48.5 Å². The first-order valence-electron chi connectivity index (χ1n) is 11.9. The number of rotatable bonds is 3.